The second kappa shape index (κ2) is 8.64. The maximum Gasteiger partial charge on any atom is 0.152 e. The second-order valence-corrected chi connectivity index (χ2v) is 6.12. The van der Waals surface area contributed by atoms with Crippen molar-refractivity contribution in [3.63, 3.8) is 0 Å². The molecule has 2 heterocycles. The van der Waals surface area contributed by atoms with Gasteiger partial charge in [-0.25, -0.2) is 0 Å². The number of rotatable bonds is 9. The van der Waals surface area contributed by atoms with Gasteiger partial charge in [0.25, 0.3) is 0 Å². The second-order valence-electron chi connectivity index (χ2n) is 6.12. The molecule has 0 unspecified atom stereocenters. The minimum Gasteiger partial charge on any atom is -0.496 e. The number of ether oxygens (including phenoxy) is 3. The first-order valence-electron chi connectivity index (χ1n) is 8.75. The zero-order valence-corrected chi connectivity index (χ0v) is 16.1. The molecule has 0 fully saturated rings. The lowest BCUT2D eigenvalue weighted by molar-refractivity contribution is 0.368. The standard InChI is InChI=1S/C20H25N3O4/c1-13-5-6-17(27-13)20-14(12-22-23-20)11-21-8-7-16-18(25-3)9-15(24-2)10-19(16)26-4/h5-6,9-10,12,21H,7-8,11H2,1-4H3,(H,22,23). The molecular formula is C20H25N3O4. The normalized spacial score (nSPS) is 10.8. The summed E-state index contributed by atoms with van der Waals surface area (Å²) in [4.78, 5) is 0. The first kappa shape index (κ1) is 18.8. The number of H-pyrrole nitrogens is 1. The van der Waals surface area contributed by atoms with Crippen LogP contribution in [0.5, 0.6) is 17.2 Å². The molecule has 0 aliphatic rings. The molecule has 0 aliphatic carbocycles. The lowest BCUT2D eigenvalue weighted by atomic mass is 10.1. The highest BCUT2D eigenvalue weighted by Gasteiger charge is 2.14. The number of methoxy groups -OCH3 is 3. The lowest BCUT2D eigenvalue weighted by Crippen LogP contribution is -2.17. The van der Waals surface area contributed by atoms with E-state index < -0.39 is 0 Å². The molecule has 0 atom stereocenters. The van der Waals surface area contributed by atoms with Crippen LogP contribution in [-0.2, 0) is 13.0 Å². The van der Waals surface area contributed by atoms with Crippen molar-refractivity contribution in [2.75, 3.05) is 27.9 Å². The molecule has 3 aromatic rings. The summed E-state index contributed by atoms with van der Waals surface area (Å²) in [5.41, 5.74) is 2.95. The van der Waals surface area contributed by atoms with E-state index >= 15 is 0 Å². The van der Waals surface area contributed by atoms with E-state index in [1.54, 1.807) is 21.3 Å². The molecule has 3 rings (SSSR count). The Labute approximate surface area is 158 Å². The maximum atomic E-state index is 5.68. The molecule has 2 aromatic heterocycles. The number of hydrogen-bond acceptors (Lipinski definition) is 6. The third kappa shape index (κ3) is 4.25. The van der Waals surface area contributed by atoms with Crippen LogP contribution >= 0.6 is 0 Å². The summed E-state index contributed by atoms with van der Waals surface area (Å²) in [6, 6.07) is 7.62. The quantitative estimate of drug-likeness (QED) is 0.562. The van der Waals surface area contributed by atoms with Crippen LogP contribution in [-0.4, -0.2) is 38.1 Å². The van der Waals surface area contributed by atoms with E-state index in [1.165, 1.54) is 0 Å². The zero-order chi connectivity index (χ0) is 19.2. The van der Waals surface area contributed by atoms with Gasteiger partial charge in [-0.1, -0.05) is 0 Å². The molecule has 27 heavy (non-hydrogen) atoms. The molecule has 0 saturated heterocycles. The van der Waals surface area contributed by atoms with Gasteiger partial charge >= 0.3 is 0 Å². The molecule has 7 heteroatoms. The van der Waals surface area contributed by atoms with Crippen LogP contribution in [0, 0.1) is 6.92 Å². The Morgan fingerprint density at radius 2 is 1.81 bits per heavy atom. The summed E-state index contributed by atoms with van der Waals surface area (Å²) in [6.45, 7) is 3.35. The Bertz CT molecular complexity index is 860. The van der Waals surface area contributed by atoms with Crippen LogP contribution in [0.2, 0.25) is 0 Å². The summed E-state index contributed by atoms with van der Waals surface area (Å²) >= 11 is 0. The van der Waals surface area contributed by atoms with Crippen LogP contribution < -0.4 is 19.5 Å². The molecule has 0 saturated carbocycles. The minimum atomic E-state index is 0.673. The van der Waals surface area contributed by atoms with E-state index in [4.69, 9.17) is 18.6 Å². The fourth-order valence-corrected chi connectivity index (χ4v) is 2.99. The Kier molecular flexibility index (Phi) is 6.03. The highest BCUT2D eigenvalue weighted by Crippen LogP contribution is 2.34. The number of nitrogens with zero attached hydrogens (tertiary/aromatic N) is 1. The fraction of sp³-hybridized carbons (Fsp3) is 0.350. The molecule has 2 N–H and O–H groups in total. The highest BCUT2D eigenvalue weighted by atomic mass is 16.5. The Balaban J connectivity index is 1.64. The van der Waals surface area contributed by atoms with Crippen LogP contribution in [0.15, 0.2) is 34.9 Å². The monoisotopic (exact) mass is 371 g/mol. The third-order valence-corrected chi connectivity index (χ3v) is 4.39. The van der Waals surface area contributed by atoms with Crippen molar-refractivity contribution in [3.05, 3.63) is 47.3 Å². The molecule has 144 valence electrons. The first-order chi connectivity index (χ1) is 13.2. The van der Waals surface area contributed by atoms with Gasteiger partial charge in [-0.3, -0.25) is 5.10 Å². The van der Waals surface area contributed by atoms with Gasteiger partial charge in [0, 0.05) is 29.8 Å². The molecule has 0 bridgehead atoms. The number of furan rings is 1. The van der Waals surface area contributed by atoms with Crippen LogP contribution in [0.4, 0.5) is 0 Å². The first-order valence-corrected chi connectivity index (χ1v) is 8.75. The third-order valence-electron chi connectivity index (χ3n) is 4.39. The van der Waals surface area contributed by atoms with E-state index in [0.29, 0.717) is 12.3 Å². The van der Waals surface area contributed by atoms with Crippen molar-refractivity contribution >= 4 is 0 Å². The number of aromatic nitrogens is 2. The Hall–Kier alpha value is -2.93. The van der Waals surface area contributed by atoms with E-state index in [1.807, 2.05) is 37.4 Å². The summed E-state index contributed by atoms with van der Waals surface area (Å²) in [5, 5.41) is 10.6. The Morgan fingerprint density at radius 1 is 1.07 bits per heavy atom. The van der Waals surface area contributed by atoms with E-state index in [0.717, 1.165) is 52.8 Å². The Morgan fingerprint density at radius 3 is 2.41 bits per heavy atom. The maximum absolute atomic E-state index is 5.68. The van der Waals surface area contributed by atoms with Crippen molar-refractivity contribution in [3.8, 4) is 28.7 Å². The van der Waals surface area contributed by atoms with Gasteiger partial charge in [0.2, 0.25) is 0 Å². The van der Waals surface area contributed by atoms with Crippen molar-refractivity contribution in [1.82, 2.24) is 15.5 Å². The van der Waals surface area contributed by atoms with E-state index in [-0.39, 0.29) is 0 Å². The topological polar surface area (TPSA) is 81.5 Å². The smallest absolute Gasteiger partial charge is 0.152 e. The number of nitrogens with one attached hydrogen (secondary N) is 2. The van der Waals surface area contributed by atoms with Crippen LogP contribution in [0.3, 0.4) is 0 Å². The zero-order valence-electron chi connectivity index (χ0n) is 16.1. The van der Waals surface area contributed by atoms with Crippen molar-refractivity contribution in [2.45, 2.75) is 19.9 Å². The number of hydrogen-bond donors (Lipinski definition) is 2. The predicted octanol–water partition coefficient (Wildman–Crippen LogP) is 3.34. The minimum absolute atomic E-state index is 0.673. The summed E-state index contributed by atoms with van der Waals surface area (Å²) < 4.78 is 22.0. The molecule has 0 spiro atoms. The summed E-state index contributed by atoms with van der Waals surface area (Å²) in [5.74, 6) is 3.88. The largest absolute Gasteiger partial charge is 0.496 e. The van der Waals surface area contributed by atoms with Crippen LogP contribution in [0.25, 0.3) is 11.5 Å². The van der Waals surface area contributed by atoms with Gasteiger partial charge in [0.15, 0.2) is 5.76 Å². The van der Waals surface area contributed by atoms with E-state index in [2.05, 4.69) is 15.5 Å². The van der Waals surface area contributed by atoms with Crippen molar-refractivity contribution in [1.29, 1.82) is 0 Å². The van der Waals surface area contributed by atoms with Gasteiger partial charge in [-0.05, 0) is 32.0 Å². The summed E-state index contributed by atoms with van der Waals surface area (Å²) in [6.07, 6.45) is 2.57. The van der Waals surface area contributed by atoms with E-state index in [9.17, 15) is 0 Å². The van der Waals surface area contributed by atoms with Crippen molar-refractivity contribution < 1.29 is 18.6 Å². The van der Waals surface area contributed by atoms with Gasteiger partial charge in [0.05, 0.1) is 27.5 Å². The molecule has 1 aromatic carbocycles. The highest BCUT2D eigenvalue weighted by molar-refractivity contribution is 5.56. The molecule has 7 nitrogen and oxygen atoms in total. The lowest BCUT2D eigenvalue weighted by Gasteiger charge is -2.15. The van der Waals surface area contributed by atoms with Gasteiger partial charge < -0.3 is 23.9 Å². The number of aromatic amines is 1. The fourth-order valence-electron chi connectivity index (χ4n) is 2.99. The molecule has 0 aliphatic heterocycles. The predicted molar refractivity (Wildman–Crippen MR) is 103 cm³/mol. The van der Waals surface area contributed by atoms with Crippen molar-refractivity contribution in [2.24, 2.45) is 0 Å². The number of aryl methyl sites for hydroxylation is 1. The van der Waals surface area contributed by atoms with Gasteiger partial charge in [0.1, 0.15) is 28.7 Å². The summed E-state index contributed by atoms with van der Waals surface area (Å²) in [7, 11) is 4.92. The molecular weight excluding hydrogens is 346 g/mol. The van der Waals surface area contributed by atoms with Crippen LogP contribution in [0.1, 0.15) is 16.9 Å². The SMILES string of the molecule is COc1cc(OC)c(CCNCc2cn[nH]c2-c2ccc(C)o2)c(OC)c1. The molecule has 0 amide bonds. The average Bonchev–Trinajstić information content (AvgIpc) is 3.33. The van der Waals surface area contributed by atoms with Gasteiger partial charge in [-0.15, -0.1) is 0 Å². The van der Waals surface area contributed by atoms with Gasteiger partial charge in [-0.2, -0.15) is 5.10 Å². The average molecular weight is 371 g/mol. The molecule has 0 radical (unpaired) electrons. The number of benzene rings is 1.